The van der Waals surface area contributed by atoms with Gasteiger partial charge in [0.25, 0.3) is 0 Å². The molecule has 0 aliphatic rings. The Bertz CT molecular complexity index is 978. The molecule has 3 rings (SSSR count). The molecule has 10 heteroatoms. The van der Waals surface area contributed by atoms with Crippen LogP contribution in [0, 0.1) is 0 Å². The second-order valence-corrected chi connectivity index (χ2v) is 7.01. The number of nitrogens with one attached hydrogen (secondary N) is 1. The van der Waals surface area contributed by atoms with Gasteiger partial charge in [-0.1, -0.05) is 0 Å². The molecule has 3 aromatic rings. The number of fused-ring (bicyclic) bond motifs is 1. The van der Waals surface area contributed by atoms with Crippen molar-refractivity contribution in [3.63, 3.8) is 0 Å². The number of H-pyrrole nitrogens is 1. The summed E-state index contributed by atoms with van der Waals surface area (Å²) in [5, 5.41) is 10.2. The van der Waals surface area contributed by atoms with Gasteiger partial charge in [0, 0.05) is 17.8 Å². The van der Waals surface area contributed by atoms with Gasteiger partial charge in [-0.05, 0) is 25.1 Å². The lowest BCUT2D eigenvalue weighted by molar-refractivity contribution is -0.0497. The summed E-state index contributed by atoms with van der Waals surface area (Å²) >= 11 is 0. The van der Waals surface area contributed by atoms with Crippen LogP contribution in [0.3, 0.4) is 0 Å². The summed E-state index contributed by atoms with van der Waals surface area (Å²) < 4.78 is 47.0. The molecule has 0 fully saturated rings. The van der Waals surface area contributed by atoms with Gasteiger partial charge in [0.2, 0.25) is 0 Å². The first-order valence-corrected chi connectivity index (χ1v) is 9.23. The van der Waals surface area contributed by atoms with E-state index in [0.717, 1.165) is 0 Å². The van der Waals surface area contributed by atoms with Gasteiger partial charge in [-0.15, -0.1) is 0 Å². The maximum Gasteiger partial charge on any atom is 0.387 e. The molecule has 2 atom stereocenters. The minimum Gasteiger partial charge on any atom is -0.496 e. The van der Waals surface area contributed by atoms with E-state index in [2.05, 4.69) is 19.7 Å². The summed E-state index contributed by atoms with van der Waals surface area (Å²) in [7, 11) is -0.134. The molecule has 0 saturated carbocycles. The van der Waals surface area contributed by atoms with Crippen LogP contribution in [0.4, 0.5) is 8.78 Å². The van der Waals surface area contributed by atoms with Crippen molar-refractivity contribution in [2.45, 2.75) is 30.5 Å². The number of aliphatic hydroxyl groups is 1. The third kappa shape index (κ3) is 4.22. The fraction of sp³-hybridized carbons (Fsp3) is 0.294. The number of halogens is 2. The number of hydrogen-bond donors (Lipinski definition) is 2. The Kier molecular flexibility index (Phi) is 5.66. The van der Waals surface area contributed by atoms with E-state index in [4.69, 9.17) is 4.74 Å². The fourth-order valence-corrected chi connectivity index (χ4v) is 3.72. The predicted octanol–water partition coefficient (Wildman–Crippen LogP) is 2.93. The highest BCUT2D eigenvalue weighted by molar-refractivity contribution is 7.84. The molecule has 0 spiro atoms. The van der Waals surface area contributed by atoms with Crippen molar-refractivity contribution in [3.05, 3.63) is 41.7 Å². The van der Waals surface area contributed by atoms with Crippen LogP contribution in [-0.4, -0.2) is 38.0 Å². The zero-order valence-corrected chi connectivity index (χ0v) is 15.3. The van der Waals surface area contributed by atoms with Gasteiger partial charge in [0.1, 0.15) is 11.5 Å². The SMILES string of the molecule is COc1ccnc(CS(=O)c2nc3ccc(OC(F)F)cc3[nH]2)c1C(C)O. The van der Waals surface area contributed by atoms with Crippen LogP contribution in [0.15, 0.2) is 35.6 Å². The molecule has 2 aromatic heterocycles. The standard InChI is InChI=1S/C17H17F2N3O4S/c1-9(23)15-13(20-6-5-14(15)25-2)8-27(24)17-21-11-4-3-10(26-16(18)19)7-12(11)22-17/h3-7,9,16,23H,8H2,1-2H3,(H,21,22). The van der Waals surface area contributed by atoms with E-state index in [9.17, 15) is 18.1 Å². The second-order valence-electron chi connectivity index (χ2n) is 5.64. The van der Waals surface area contributed by atoms with Gasteiger partial charge < -0.3 is 19.6 Å². The lowest BCUT2D eigenvalue weighted by Gasteiger charge is -2.14. The molecule has 144 valence electrons. The monoisotopic (exact) mass is 397 g/mol. The van der Waals surface area contributed by atoms with Gasteiger partial charge >= 0.3 is 6.61 Å². The normalized spacial score (nSPS) is 13.7. The number of methoxy groups -OCH3 is 1. The number of ether oxygens (including phenoxy) is 2. The number of rotatable bonds is 7. The van der Waals surface area contributed by atoms with Crippen molar-refractivity contribution in [1.29, 1.82) is 0 Å². The van der Waals surface area contributed by atoms with Crippen molar-refractivity contribution in [3.8, 4) is 11.5 Å². The first-order chi connectivity index (χ1) is 12.9. The summed E-state index contributed by atoms with van der Waals surface area (Å²) in [5.41, 5.74) is 1.77. The third-order valence-corrected chi connectivity index (χ3v) is 4.97. The zero-order valence-electron chi connectivity index (χ0n) is 14.5. The number of aromatic amines is 1. The predicted molar refractivity (Wildman–Crippen MR) is 94.3 cm³/mol. The lowest BCUT2D eigenvalue weighted by Crippen LogP contribution is -2.08. The zero-order chi connectivity index (χ0) is 19.6. The van der Waals surface area contributed by atoms with E-state index in [1.165, 1.54) is 31.5 Å². The molecule has 7 nitrogen and oxygen atoms in total. The molecule has 2 heterocycles. The van der Waals surface area contributed by atoms with E-state index < -0.39 is 23.5 Å². The van der Waals surface area contributed by atoms with Gasteiger partial charge in [-0.2, -0.15) is 8.78 Å². The Morgan fingerprint density at radius 2 is 2.11 bits per heavy atom. The lowest BCUT2D eigenvalue weighted by atomic mass is 10.1. The fourth-order valence-electron chi connectivity index (χ4n) is 2.68. The molecule has 0 radical (unpaired) electrons. The van der Waals surface area contributed by atoms with Crippen molar-refractivity contribution in [1.82, 2.24) is 15.0 Å². The molecule has 0 bridgehead atoms. The van der Waals surface area contributed by atoms with Crippen molar-refractivity contribution in [2.24, 2.45) is 0 Å². The third-order valence-electron chi connectivity index (χ3n) is 3.81. The Balaban J connectivity index is 1.89. The average Bonchev–Trinajstić information content (AvgIpc) is 3.04. The van der Waals surface area contributed by atoms with E-state index in [1.54, 1.807) is 13.0 Å². The molecule has 2 unspecified atom stereocenters. The number of benzene rings is 1. The number of imidazole rings is 1. The molecule has 0 aliphatic heterocycles. The minimum atomic E-state index is -2.93. The summed E-state index contributed by atoms with van der Waals surface area (Å²) in [4.78, 5) is 11.3. The smallest absolute Gasteiger partial charge is 0.387 e. The van der Waals surface area contributed by atoms with Gasteiger partial charge in [0.05, 0.1) is 46.5 Å². The Labute approximate surface area is 155 Å². The number of alkyl halides is 2. The van der Waals surface area contributed by atoms with Gasteiger partial charge in [0.15, 0.2) is 5.16 Å². The van der Waals surface area contributed by atoms with Crippen LogP contribution in [0.5, 0.6) is 11.5 Å². The van der Waals surface area contributed by atoms with Crippen molar-refractivity contribution in [2.75, 3.05) is 7.11 Å². The summed E-state index contributed by atoms with van der Waals surface area (Å²) in [6, 6.07) is 5.83. The topological polar surface area (TPSA) is 97.3 Å². The molecule has 27 heavy (non-hydrogen) atoms. The maximum absolute atomic E-state index is 12.7. The molecule has 2 N–H and O–H groups in total. The van der Waals surface area contributed by atoms with Crippen molar-refractivity contribution < 1.29 is 27.6 Å². The molecule has 1 aromatic carbocycles. The second kappa shape index (κ2) is 7.97. The van der Waals surface area contributed by atoms with E-state index in [0.29, 0.717) is 28.0 Å². The van der Waals surface area contributed by atoms with Gasteiger partial charge in [-0.25, -0.2) is 4.98 Å². The van der Waals surface area contributed by atoms with Crippen LogP contribution < -0.4 is 9.47 Å². The highest BCUT2D eigenvalue weighted by Crippen LogP contribution is 2.29. The summed E-state index contributed by atoms with van der Waals surface area (Å²) in [5.74, 6) is 0.423. The minimum absolute atomic E-state index is 0.00233. The first kappa shape index (κ1) is 19.2. The quantitative estimate of drug-likeness (QED) is 0.636. The van der Waals surface area contributed by atoms with E-state index in [1.807, 2.05) is 0 Å². The number of pyridine rings is 1. The molecule has 0 saturated heterocycles. The van der Waals surface area contributed by atoms with Crippen LogP contribution in [0.25, 0.3) is 11.0 Å². The van der Waals surface area contributed by atoms with Crippen LogP contribution in [0.1, 0.15) is 24.3 Å². The summed E-state index contributed by atoms with van der Waals surface area (Å²) in [6.07, 6.45) is 0.648. The van der Waals surface area contributed by atoms with Crippen LogP contribution >= 0.6 is 0 Å². The molecule has 0 amide bonds. The highest BCUT2D eigenvalue weighted by Gasteiger charge is 2.19. The molecule has 0 aliphatic carbocycles. The number of aliphatic hydroxyl groups excluding tert-OH is 1. The molecular weight excluding hydrogens is 380 g/mol. The van der Waals surface area contributed by atoms with E-state index >= 15 is 0 Å². The largest absolute Gasteiger partial charge is 0.496 e. The summed E-state index contributed by atoms with van der Waals surface area (Å²) in [6.45, 7) is -1.37. The maximum atomic E-state index is 12.7. The highest BCUT2D eigenvalue weighted by atomic mass is 32.2. The average molecular weight is 397 g/mol. The molecular formula is C17H17F2N3O4S. The number of nitrogens with zero attached hydrogens (tertiary/aromatic N) is 2. The Morgan fingerprint density at radius 3 is 2.78 bits per heavy atom. The Hall–Kier alpha value is -2.59. The Morgan fingerprint density at radius 1 is 1.33 bits per heavy atom. The first-order valence-electron chi connectivity index (χ1n) is 7.91. The number of aromatic nitrogens is 3. The van der Waals surface area contributed by atoms with Crippen molar-refractivity contribution >= 4 is 21.8 Å². The van der Waals surface area contributed by atoms with E-state index in [-0.39, 0.29) is 16.7 Å². The van der Waals surface area contributed by atoms with Gasteiger partial charge in [-0.3, -0.25) is 9.19 Å². The number of hydrogen-bond acceptors (Lipinski definition) is 6. The van der Waals surface area contributed by atoms with Crippen LogP contribution in [0.2, 0.25) is 0 Å². The van der Waals surface area contributed by atoms with Crippen LogP contribution in [-0.2, 0) is 16.6 Å².